The van der Waals surface area contributed by atoms with E-state index in [-0.39, 0.29) is 5.91 Å². The molecule has 0 aliphatic rings. The summed E-state index contributed by atoms with van der Waals surface area (Å²) >= 11 is 9.76. The maximum Gasteiger partial charge on any atom is 0.258 e. The molecule has 0 fully saturated rings. The number of rotatable bonds is 2. The lowest BCUT2D eigenvalue weighted by Gasteiger charge is -2.07. The van der Waals surface area contributed by atoms with Crippen molar-refractivity contribution >= 4 is 50.2 Å². The topological polar surface area (TPSA) is 59.8 Å². The number of nitrogens with one attached hydrogen (secondary N) is 1. The highest BCUT2D eigenvalue weighted by Gasteiger charge is 2.18. The Kier molecular flexibility index (Phi) is 3.88. The van der Waals surface area contributed by atoms with Crippen LogP contribution in [0.3, 0.4) is 0 Å². The van der Waals surface area contributed by atoms with Crippen molar-refractivity contribution in [2.75, 3.05) is 5.32 Å². The van der Waals surface area contributed by atoms with Crippen LogP contribution in [0.15, 0.2) is 34.9 Å². The minimum absolute atomic E-state index is 0.305. The van der Waals surface area contributed by atoms with E-state index in [4.69, 9.17) is 11.6 Å². The van der Waals surface area contributed by atoms with E-state index in [2.05, 4.69) is 31.3 Å². The Labute approximate surface area is 140 Å². The molecule has 1 N–H and O–H groups in total. The number of benzene rings is 1. The van der Waals surface area contributed by atoms with Crippen molar-refractivity contribution in [2.24, 2.45) is 7.05 Å². The second kappa shape index (κ2) is 5.70. The van der Waals surface area contributed by atoms with Gasteiger partial charge >= 0.3 is 0 Å². The van der Waals surface area contributed by atoms with Gasteiger partial charge in [-0.1, -0.05) is 33.6 Å². The molecule has 2 aromatic heterocycles. The molecule has 22 heavy (non-hydrogen) atoms. The van der Waals surface area contributed by atoms with Crippen molar-refractivity contribution in [1.82, 2.24) is 14.8 Å². The quantitative estimate of drug-likeness (QED) is 0.733. The van der Waals surface area contributed by atoms with E-state index in [1.807, 2.05) is 25.1 Å². The van der Waals surface area contributed by atoms with E-state index in [0.717, 1.165) is 10.2 Å². The number of aryl methyl sites for hydroxylation is 2. The van der Waals surface area contributed by atoms with Gasteiger partial charge in [0.2, 0.25) is 0 Å². The molecule has 112 valence electrons. The van der Waals surface area contributed by atoms with Crippen LogP contribution in [0, 0.1) is 6.92 Å². The van der Waals surface area contributed by atoms with Gasteiger partial charge in [-0.05, 0) is 25.1 Å². The van der Waals surface area contributed by atoms with Crippen LogP contribution < -0.4 is 5.32 Å². The van der Waals surface area contributed by atoms with Crippen LogP contribution in [-0.4, -0.2) is 20.7 Å². The van der Waals surface area contributed by atoms with Gasteiger partial charge in [-0.3, -0.25) is 9.48 Å². The van der Waals surface area contributed by atoms with Crippen molar-refractivity contribution in [1.29, 1.82) is 0 Å². The monoisotopic (exact) mass is 378 g/mol. The number of carbonyl (C=O) groups is 1. The summed E-state index contributed by atoms with van der Waals surface area (Å²) in [5.41, 5.74) is 2.40. The summed E-state index contributed by atoms with van der Waals surface area (Å²) in [6.07, 6.45) is 1.47. The number of hydrogen-bond acceptors (Lipinski definition) is 3. The lowest BCUT2D eigenvalue weighted by Crippen LogP contribution is -2.13. The Balaban J connectivity index is 2.01. The summed E-state index contributed by atoms with van der Waals surface area (Å²) in [6.45, 7) is 1.84. The highest BCUT2D eigenvalue weighted by atomic mass is 79.9. The zero-order chi connectivity index (χ0) is 15.9. The molecule has 0 spiro atoms. The van der Waals surface area contributed by atoms with Gasteiger partial charge in [0.05, 0.1) is 21.7 Å². The van der Waals surface area contributed by atoms with Gasteiger partial charge in [0.1, 0.15) is 0 Å². The molecule has 0 atom stereocenters. The van der Waals surface area contributed by atoms with Crippen LogP contribution in [0.2, 0.25) is 5.02 Å². The Morgan fingerprint density at radius 3 is 2.91 bits per heavy atom. The molecule has 5 nitrogen and oxygen atoms in total. The van der Waals surface area contributed by atoms with Crippen LogP contribution in [0.4, 0.5) is 5.69 Å². The minimum atomic E-state index is -0.305. The maximum atomic E-state index is 12.4. The van der Waals surface area contributed by atoms with Gasteiger partial charge in [-0.25, -0.2) is 4.98 Å². The number of halogens is 2. The normalized spacial score (nSPS) is 10.9. The molecule has 1 amide bonds. The standard InChI is InChI=1S/C15H12BrClN4O/c1-8-12-13(17)11(7-18-14(12)21(2)20-8)15(22)19-10-5-3-4-9(16)6-10/h3-7H,1-2H3,(H,19,22). The second-order valence-corrected chi connectivity index (χ2v) is 6.15. The lowest BCUT2D eigenvalue weighted by atomic mass is 10.2. The van der Waals surface area contributed by atoms with Crippen LogP contribution in [0.1, 0.15) is 16.1 Å². The molecule has 0 aliphatic heterocycles. The predicted octanol–water partition coefficient (Wildman–Crippen LogP) is 3.94. The SMILES string of the molecule is Cc1nn(C)c2ncc(C(=O)Nc3cccc(Br)c3)c(Cl)c12. The molecule has 3 aromatic rings. The Hall–Kier alpha value is -1.92. The first kappa shape index (κ1) is 15.0. The fourth-order valence-corrected chi connectivity index (χ4v) is 3.05. The van der Waals surface area contributed by atoms with Crippen molar-refractivity contribution in [3.8, 4) is 0 Å². The van der Waals surface area contributed by atoms with Gasteiger partial charge in [0.15, 0.2) is 5.65 Å². The summed E-state index contributed by atoms with van der Waals surface area (Å²) in [6, 6.07) is 7.34. The molecule has 0 bridgehead atoms. The number of carbonyl (C=O) groups excluding carboxylic acids is 1. The molecule has 0 saturated heterocycles. The fourth-order valence-electron chi connectivity index (χ4n) is 2.29. The highest BCUT2D eigenvalue weighted by Crippen LogP contribution is 2.28. The first-order valence-electron chi connectivity index (χ1n) is 6.52. The Morgan fingerprint density at radius 2 is 2.18 bits per heavy atom. The summed E-state index contributed by atoms with van der Waals surface area (Å²) < 4.78 is 2.53. The first-order chi connectivity index (χ1) is 10.5. The zero-order valence-corrected chi connectivity index (χ0v) is 14.2. The molecule has 0 unspecified atom stereocenters. The fraction of sp³-hybridized carbons (Fsp3) is 0.133. The number of amides is 1. The minimum Gasteiger partial charge on any atom is -0.322 e. The molecule has 1 aromatic carbocycles. The Morgan fingerprint density at radius 1 is 1.41 bits per heavy atom. The molecule has 0 saturated carbocycles. The molecule has 2 heterocycles. The second-order valence-electron chi connectivity index (χ2n) is 4.86. The van der Waals surface area contributed by atoms with E-state index in [0.29, 0.717) is 27.3 Å². The van der Waals surface area contributed by atoms with Gasteiger partial charge in [0, 0.05) is 23.4 Å². The van der Waals surface area contributed by atoms with Crippen molar-refractivity contribution in [2.45, 2.75) is 6.92 Å². The van der Waals surface area contributed by atoms with Crippen LogP contribution >= 0.6 is 27.5 Å². The molecular weight excluding hydrogens is 368 g/mol. The van der Waals surface area contributed by atoms with Gasteiger partial charge in [0.25, 0.3) is 5.91 Å². The molecule has 3 rings (SSSR count). The number of hydrogen-bond donors (Lipinski definition) is 1. The van der Waals surface area contributed by atoms with Crippen molar-refractivity contribution in [3.63, 3.8) is 0 Å². The number of nitrogens with zero attached hydrogens (tertiary/aromatic N) is 3. The summed E-state index contributed by atoms with van der Waals surface area (Å²) in [5, 5.41) is 8.15. The van der Waals surface area contributed by atoms with Crippen LogP contribution in [0.25, 0.3) is 11.0 Å². The third kappa shape index (κ3) is 2.60. The largest absolute Gasteiger partial charge is 0.322 e. The van der Waals surface area contributed by atoms with E-state index in [1.165, 1.54) is 6.20 Å². The van der Waals surface area contributed by atoms with Gasteiger partial charge in [-0.2, -0.15) is 5.10 Å². The highest BCUT2D eigenvalue weighted by molar-refractivity contribution is 9.10. The Bertz CT molecular complexity index is 891. The average Bonchev–Trinajstić information content (AvgIpc) is 2.74. The van der Waals surface area contributed by atoms with E-state index < -0.39 is 0 Å². The summed E-state index contributed by atoms with van der Waals surface area (Å²) in [7, 11) is 1.79. The molecule has 0 aliphatic carbocycles. The van der Waals surface area contributed by atoms with E-state index >= 15 is 0 Å². The van der Waals surface area contributed by atoms with Crippen molar-refractivity contribution < 1.29 is 4.79 Å². The lowest BCUT2D eigenvalue weighted by molar-refractivity contribution is 0.102. The third-order valence-electron chi connectivity index (χ3n) is 3.29. The maximum absolute atomic E-state index is 12.4. The zero-order valence-electron chi connectivity index (χ0n) is 11.9. The number of anilines is 1. The summed E-state index contributed by atoms with van der Waals surface area (Å²) in [4.78, 5) is 16.7. The molecular formula is C15H12BrClN4O. The van der Waals surface area contributed by atoms with Crippen LogP contribution in [-0.2, 0) is 7.05 Å². The van der Waals surface area contributed by atoms with E-state index in [9.17, 15) is 4.79 Å². The van der Waals surface area contributed by atoms with Crippen molar-refractivity contribution in [3.05, 3.63) is 51.2 Å². The third-order valence-corrected chi connectivity index (χ3v) is 4.18. The number of pyridine rings is 1. The molecule has 0 radical (unpaired) electrons. The van der Waals surface area contributed by atoms with Gasteiger partial charge in [-0.15, -0.1) is 0 Å². The predicted molar refractivity (Wildman–Crippen MR) is 90.4 cm³/mol. The smallest absolute Gasteiger partial charge is 0.258 e. The first-order valence-corrected chi connectivity index (χ1v) is 7.69. The van der Waals surface area contributed by atoms with E-state index in [1.54, 1.807) is 17.8 Å². The number of fused-ring (bicyclic) bond motifs is 1. The van der Waals surface area contributed by atoms with Gasteiger partial charge < -0.3 is 5.32 Å². The average molecular weight is 380 g/mol. The summed E-state index contributed by atoms with van der Waals surface area (Å²) in [5.74, 6) is -0.305. The molecule has 7 heteroatoms. The number of aromatic nitrogens is 3. The van der Waals surface area contributed by atoms with Crippen LogP contribution in [0.5, 0.6) is 0 Å².